The molecule has 0 amide bonds. The third-order valence-corrected chi connectivity index (χ3v) is 6.10. The van der Waals surface area contributed by atoms with Gasteiger partial charge in [0.2, 0.25) is 0 Å². The first-order chi connectivity index (χ1) is 14.5. The molecule has 0 radical (unpaired) electrons. The number of hydrogen-bond donors (Lipinski definition) is 1. The molecule has 0 saturated carbocycles. The van der Waals surface area contributed by atoms with Crippen LogP contribution in [0.5, 0.6) is 0 Å². The second-order valence-corrected chi connectivity index (χ2v) is 8.39. The predicted octanol–water partition coefficient (Wildman–Crippen LogP) is 3.40. The van der Waals surface area contributed by atoms with Crippen LogP contribution in [0.3, 0.4) is 0 Å². The molecule has 3 aromatic rings. The van der Waals surface area contributed by atoms with Crippen molar-refractivity contribution in [3.05, 3.63) is 80.2 Å². The number of hydrogen-bond acceptors (Lipinski definition) is 6. The fraction of sp³-hybridized carbons (Fsp3) is 0.0556. The van der Waals surface area contributed by atoms with Crippen LogP contribution in [-0.2, 0) is 14.8 Å². The van der Waals surface area contributed by atoms with Crippen LogP contribution in [0.1, 0.15) is 10.4 Å². The summed E-state index contributed by atoms with van der Waals surface area (Å²) < 4.78 is 60.2. The molecule has 0 aliphatic rings. The van der Waals surface area contributed by atoms with Crippen LogP contribution in [0.4, 0.5) is 14.5 Å². The van der Waals surface area contributed by atoms with E-state index in [-0.39, 0.29) is 20.6 Å². The Balaban J connectivity index is 1.95. The van der Waals surface area contributed by atoms with Gasteiger partial charge >= 0.3 is 5.97 Å². The molecule has 0 aliphatic carbocycles. The first-order valence-corrected chi connectivity index (χ1v) is 10.4. The number of benzene rings is 2. The van der Waals surface area contributed by atoms with Gasteiger partial charge < -0.3 is 4.74 Å². The van der Waals surface area contributed by atoms with Crippen LogP contribution in [0.2, 0.25) is 10.0 Å². The Bertz CT molecular complexity index is 1350. The number of carbonyl (C=O) groups is 1. The molecule has 0 bridgehead atoms. The molecule has 0 fully saturated rings. The lowest BCUT2D eigenvalue weighted by molar-refractivity contribution is 0.0595. The minimum Gasteiger partial charge on any atom is -0.465 e. The van der Waals surface area contributed by atoms with Crippen molar-refractivity contribution in [2.24, 2.45) is 0 Å². The number of ether oxygens (including phenoxy) is 1. The van der Waals surface area contributed by atoms with E-state index in [9.17, 15) is 26.8 Å². The maximum absolute atomic E-state index is 14.1. The summed E-state index contributed by atoms with van der Waals surface area (Å²) in [6.07, 6.45) is 1.15. The van der Waals surface area contributed by atoms with Crippen molar-refractivity contribution in [1.82, 2.24) is 9.78 Å². The zero-order chi connectivity index (χ0) is 22.9. The number of anilines is 1. The number of nitrogens with zero attached hydrogens (tertiary/aromatic N) is 2. The highest BCUT2D eigenvalue weighted by Gasteiger charge is 2.21. The van der Waals surface area contributed by atoms with E-state index in [1.165, 1.54) is 12.1 Å². The molecule has 1 N–H and O–H groups in total. The fourth-order valence-corrected chi connectivity index (χ4v) is 3.77. The molecule has 0 aliphatic heterocycles. The van der Waals surface area contributed by atoms with Crippen molar-refractivity contribution in [3.8, 4) is 5.69 Å². The molecule has 162 valence electrons. The van der Waals surface area contributed by atoms with Crippen LogP contribution < -0.4 is 10.3 Å². The number of esters is 1. The monoisotopic (exact) mass is 489 g/mol. The number of nitrogens with one attached hydrogen (secondary N) is 1. The highest BCUT2D eigenvalue weighted by molar-refractivity contribution is 7.92. The van der Waals surface area contributed by atoms with E-state index in [1.807, 2.05) is 4.72 Å². The highest BCUT2D eigenvalue weighted by atomic mass is 35.5. The minimum atomic E-state index is -4.34. The molecule has 31 heavy (non-hydrogen) atoms. The molecule has 1 heterocycles. The summed E-state index contributed by atoms with van der Waals surface area (Å²) >= 11 is 11.5. The van der Waals surface area contributed by atoms with E-state index in [4.69, 9.17) is 23.2 Å². The zero-order valence-corrected chi connectivity index (χ0v) is 17.7. The fourth-order valence-electron chi connectivity index (χ4n) is 2.46. The Hall–Kier alpha value is -3.02. The zero-order valence-electron chi connectivity index (χ0n) is 15.4. The van der Waals surface area contributed by atoms with Gasteiger partial charge in [0.25, 0.3) is 15.6 Å². The van der Waals surface area contributed by atoms with Gasteiger partial charge in [-0.3, -0.25) is 9.52 Å². The molecule has 3 rings (SSSR count). The van der Waals surface area contributed by atoms with Gasteiger partial charge in [-0.1, -0.05) is 23.2 Å². The lowest BCUT2D eigenvalue weighted by Crippen LogP contribution is -2.21. The summed E-state index contributed by atoms with van der Waals surface area (Å²) in [7, 11) is -3.35. The lowest BCUT2D eigenvalue weighted by Gasteiger charge is -2.12. The number of carbonyl (C=O) groups excluding carboxylic acids is 1. The van der Waals surface area contributed by atoms with Gasteiger partial charge in [-0.2, -0.15) is 9.78 Å². The molecule has 1 aromatic heterocycles. The highest BCUT2D eigenvalue weighted by Crippen LogP contribution is 2.24. The summed E-state index contributed by atoms with van der Waals surface area (Å²) in [5.74, 6) is -3.56. The largest absolute Gasteiger partial charge is 0.465 e. The molecule has 0 saturated heterocycles. The maximum atomic E-state index is 14.1. The average Bonchev–Trinajstić information content (AvgIpc) is 2.73. The van der Waals surface area contributed by atoms with Crippen molar-refractivity contribution in [2.45, 2.75) is 4.90 Å². The van der Waals surface area contributed by atoms with E-state index >= 15 is 0 Å². The molecular weight excluding hydrogens is 479 g/mol. The molecule has 0 spiro atoms. The first kappa shape index (κ1) is 22.7. The smallest absolute Gasteiger partial charge is 0.340 e. The normalized spacial score (nSPS) is 11.3. The minimum absolute atomic E-state index is 0.0426. The van der Waals surface area contributed by atoms with Crippen LogP contribution in [0.25, 0.3) is 5.69 Å². The summed E-state index contributed by atoms with van der Waals surface area (Å²) in [5, 5.41) is 3.51. The molecule has 13 heteroatoms. The first-order valence-electron chi connectivity index (χ1n) is 8.19. The van der Waals surface area contributed by atoms with E-state index < -0.39 is 44.4 Å². The van der Waals surface area contributed by atoms with Crippen molar-refractivity contribution < 1.29 is 26.7 Å². The molecular formula is C18H11Cl2F2N3O5S. The summed E-state index contributed by atoms with van der Waals surface area (Å²) in [6.45, 7) is 0. The molecule has 2 aromatic carbocycles. The number of rotatable bonds is 5. The Morgan fingerprint density at radius 3 is 2.39 bits per heavy atom. The third-order valence-electron chi connectivity index (χ3n) is 3.97. The topological polar surface area (TPSA) is 107 Å². The second kappa shape index (κ2) is 8.61. The van der Waals surface area contributed by atoms with Gasteiger partial charge in [0.1, 0.15) is 16.7 Å². The van der Waals surface area contributed by atoms with Crippen molar-refractivity contribution >= 4 is 44.9 Å². The van der Waals surface area contributed by atoms with Crippen molar-refractivity contribution in [2.75, 3.05) is 11.8 Å². The van der Waals surface area contributed by atoms with Gasteiger partial charge in [-0.05, 0) is 30.3 Å². The Labute approximate surface area is 184 Å². The Kier molecular flexibility index (Phi) is 6.30. The van der Waals surface area contributed by atoms with Crippen LogP contribution >= 0.6 is 23.2 Å². The second-order valence-electron chi connectivity index (χ2n) is 5.93. The van der Waals surface area contributed by atoms with E-state index in [1.54, 1.807) is 0 Å². The van der Waals surface area contributed by atoms with Gasteiger partial charge in [0.05, 0.1) is 40.2 Å². The Morgan fingerprint density at radius 1 is 1.13 bits per heavy atom. The van der Waals surface area contributed by atoms with E-state index in [2.05, 4.69) is 9.84 Å². The van der Waals surface area contributed by atoms with E-state index in [0.717, 1.165) is 30.1 Å². The summed E-state index contributed by atoms with van der Waals surface area (Å²) in [6, 6.07) is 5.80. The van der Waals surface area contributed by atoms with Crippen LogP contribution in [0.15, 0.2) is 52.3 Å². The van der Waals surface area contributed by atoms with Gasteiger partial charge in [-0.15, -0.1) is 0 Å². The maximum Gasteiger partial charge on any atom is 0.340 e. The molecule has 8 nitrogen and oxygen atoms in total. The summed E-state index contributed by atoms with van der Waals surface area (Å²) in [5.41, 5.74) is -1.84. The van der Waals surface area contributed by atoms with Crippen LogP contribution in [-0.4, -0.2) is 31.3 Å². The summed E-state index contributed by atoms with van der Waals surface area (Å²) in [4.78, 5) is 23.4. The van der Waals surface area contributed by atoms with Crippen LogP contribution in [0, 0.1) is 11.6 Å². The third kappa shape index (κ3) is 4.53. The molecule has 0 atom stereocenters. The standard InChI is InChI=1S/C18H11Cl2F2N3O5S/c1-30-18(27)11-6-15(14(22)7-13(11)21)24-31(28,29)10-4-2-9(3-5-10)25-17(26)16(20)12(19)8-23-25/h2-8,24H,1H3. The quantitative estimate of drug-likeness (QED) is 0.550. The number of halogens is 4. The Morgan fingerprint density at radius 2 is 1.77 bits per heavy atom. The lowest BCUT2D eigenvalue weighted by atomic mass is 10.2. The van der Waals surface area contributed by atoms with Crippen molar-refractivity contribution in [1.29, 1.82) is 0 Å². The van der Waals surface area contributed by atoms with E-state index in [0.29, 0.717) is 12.1 Å². The number of aromatic nitrogens is 2. The number of sulfonamides is 1. The average molecular weight is 490 g/mol. The predicted molar refractivity (Wildman–Crippen MR) is 108 cm³/mol. The molecule has 0 unspecified atom stereocenters. The van der Waals surface area contributed by atoms with Gasteiger partial charge in [0, 0.05) is 6.07 Å². The van der Waals surface area contributed by atoms with Gasteiger partial charge in [-0.25, -0.2) is 22.0 Å². The van der Waals surface area contributed by atoms with Crippen molar-refractivity contribution in [3.63, 3.8) is 0 Å². The SMILES string of the molecule is COC(=O)c1cc(NS(=O)(=O)c2ccc(-n3ncc(Cl)c(Cl)c3=O)cc2)c(F)cc1F. The number of methoxy groups -OCH3 is 1. The van der Waals surface area contributed by atoms with Gasteiger partial charge in [0.15, 0.2) is 0 Å².